The first-order valence-electron chi connectivity index (χ1n) is 9.05. The molecule has 4 rings (SSSR count). The molecule has 3 heterocycles. The van der Waals surface area contributed by atoms with E-state index < -0.39 is 6.17 Å². The normalized spacial score (nSPS) is 21.7. The molecule has 2 aromatic rings. The van der Waals surface area contributed by atoms with Gasteiger partial charge in [-0.15, -0.1) is 0 Å². The smallest absolute Gasteiger partial charge is 0.158 e. The number of nitrogens with zero attached hydrogens (tertiary/aromatic N) is 4. The summed E-state index contributed by atoms with van der Waals surface area (Å²) in [6.45, 7) is 1.72. The molecule has 1 aliphatic carbocycles. The fourth-order valence-electron chi connectivity index (χ4n) is 4.04. The summed E-state index contributed by atoms with van der Waals surface area (Å²) in [5.74, 6) is 1.39. The monoisotopic (exact) mass is 408 g/mol. The third-order valence-corrected chi connectivity index (χ3v) is 7.21. The van der Waals surface area contributed by atoms with Crippen molar-refractivity contribution < 1.29 is 4.39 Å². The standard InChI is InChI=1S/C18H22ClFN6S/c19-14-12(2-6-23-15(14)21)27-17-16(22)25-13(10-24-17)26-7-4-18(5-8-26)3-1-11(20)9-18/h2,6,10-11H,1,3-5,7-9H2,(H2,21,23)(H2,22,25). The van der Waals surface area contributed by atoms with Gasteiger partial charge in [0.1, 0.15) is 22.8 Å². The van der Waals surface area contributed by atoms with Crippen molar-refractivity contribution in [1.82, 2.24) is 15.0 Å². The highest BCUT2D eigenvalue weighted by molar-refractivity contribution is 7.99. The lowest BCUT2D eigenvalue weighted by Gasteiger charge is -2.39. The molecule has 0 radical (unpaired) electrons. The van der Waals surface area contributed by atoms with Crippen molar-refractivity contribution in [3.8, 4) is 0 Å². The van der Waals surface area contributed by atoms with Crippen LogP contribution < -0.4 is 16.4 Å². The van der Waals surface area contributed by atoms with Crippen LogP contribution in [0.3, 0.4) is 0 Å². The first kappa shape index (κ1) is 18.6. The number of hydrogen-bond acceptors (Lipinski definition) is 7. The summed E-state index contributed by atoms with van der Waals surface area (Å²) in [6.07, 6.45) is 7.12. The second-order valence-electron chi connectivity index (χ2n) is 7.36. The molecule has 2 aromatic heterocycles. The van der Waals surface area contributed by atoms with E-state index in [0.717, 1.165) is 43.1 Å². The Morgan fingerprint density at radius 2 is 1.96 bits per heavy atom. The van der Waals surface area contributed by atoms with Crippen LogP contribution in [-0.2, 0) is 0 Å². The van der Waals surface area contributed by atoms with E-state index in [0.29, 0.717) is 28.7 Å². The van der Waals surface area contributed by atoms with Crippen molar-refractivity contribution in [2.24, 2.45) is 5.41 Å². The average molecular weight is 409 g/mol. The molecule has 0 bridgehead atoms. The molecule has 27 heavy (non-hydrogen) atoms. The molecule has 1 unspecified atom stereocenters. The molecule has 1 saturated heterocycles. The van der Waals surface area contributed by atoms with Crippen LogP contribution in [0.4, 0.5) is 21.8 Å². The lowest BCUT2D eigenvalue weighted by atomic mass is 9.77. The highest BCUT2D eigenvalue weighted by Crippen LogP contribution is 2.47. The third kappa shape index (κ3) is 3.78. The largest absolute Gasteiger partial charge is 0.382 e. The first-order valence-corrected chi connectivity index (χ1v) is 10.2. The van der Waals surface area contributed by atoms with Crippen LogP contribution in [0.1, 0.15) is 32.1 Å². The van der Waals surface area contributed by atoms with Gasteiger partial charge in [-0.05, 0) is 43.6 Å². The van der Waals surface area contributed by atoms with Gasteiger partial charge in [-0.3, -0.25) is 0 Å². The average Bonchev–Trinajstić information content (AvgIpc) is 3.01. The number of aromatic nitrogens is 3. The predicted octanol–water partition coefficient (Wildman–Crippen LogP) is 3.95. The summed E-state index contributed by atoms with van der Waals surface area (Å²) in [7, 11) is 0. The van der Waals surface area contributed by atoms with E-state index in [2.05, 4.69) is 19.9 Å². The van der Waals surface area contributed by atoms with Gasteiger partial charge in [0, 0.05) is 24.2 Å². The number of alkyl halides is 1. The Labute approximate surface area is 166 Å². The van der Waals surface area contributed by atoms with Crippen LogP contribution in [0.2, 0.25) is 5.02 Å². The molecule has 2 fully saturated rings. The Hall–Kier alpha value is -1.80. The first-order chi connectivity index (χ1) is 13.0. The summed E-state index contributed by atoms with van der Waals surface area (Å²) >= 11 is 7.50. The zero-order valence-corrected chi connectivity index (χ0v) is 16.4. The molecule has 9 heteroatoms. The number of piperidine rings is 1. The number of rotatable bonds is 3. The zero-order valence-electron chi connectivity index (χ0n) is 14.9. The summed E-state index contributed by atoms with van der Waals surface area (Å²) in [6, 6.07) is 1.77. The van der Waals surface area contributed by atoms with Crippen molar-refractivity contribution in [2.45, 2.75) is 48.2 Å². The number of halogens is 2. The second-order valence-corrected chi connectivity index (χ2v) is 8.76. The van der Waals surface area contributed by atoms with Crippen molar-refractivity contribution in [3.63, 3.8) is 0 Å². The van der Waals surface area contributed by atoms with Crippen LogP contribution in [0.15, 0.2) is 28.4 Å². The van der Waals surface area contributed by atoms with Gasteiger partial charge < -0.3 is 16.4 Å². The van der Waals surface area contributed by atoms with Gasteiger partial charge in [0.15, 0.2) is 5.82 Å². The highest BCUT2D eigenvalue weighted by atomic mass is 35.5. The van der Waals surface area contributed by atoms with Gasteiger partial charge in [-0.1, -0.05) is 23.4 Å². The summed E-state index contributed by atoms with van der Waals surface area (Å²) in [4.78, 5) is 15.9. The van der Waals surface area contributed by atoms with E-state index in [-0.39, 0.29) is 11.2 Å². The molecule has 0 amide bonds. The van der Waals surface area contributed by atoms with Gasteiger partial charge >= 0.3 is 0 Å². The summed E-state index contributed by atoms with van der Waals surface area (Å²) < 4.78 is 13.6. The minimum Gasteiger partial charge on any atom is -0.382 e. The molecule has 1 aliphatic heterocycles. The number of anilines is 3. The number of nitrogen functional groups attached to an aromatic ring is 2. The van der Waals surface area contributed by atoms with Gasteiger partial charge in [-0.2, -0.15) is 0 Å². The molecule has 6 nitrogen and oxygen atoms in total. The van der Waals surface area contributed by atoms with Crippen LogP contribution in [-0.4, -0.2) is 34.2 Å². The minimum absolute atomic E-state index is 0.183. The molecule has 1 saturated carbocycles. The van der Waals surface area contributed by atoms with Crippen LogP contribution in [0, 0.1) is 5.41 Å². The van der Waals surface area contributed by atoms with Gasteiger partial charge in [0.05, 0.1) is 11.2 Å². The van der Waals surface area contributed by atoms with Gasteiger partial charge in [0.25, 0.3) is 0 Å². The van der Waals surface area contributed by atoms with E-state index in [1.165, 1.54) is 11.8 Å². The third-order valence-electron chi connectivity index (χ3n) is 5.63. The second kappa shape index (κ2) is 7.31. The maximum absolute atomic E-state index is 13.6. The number of pyridine rings is 1. The van der Waals surface area contributed by atoms with Gasteiger partial charge in [-0.25, -0.2) is 19.3 Å². The lowest BCUT2D eigenvalue weighted by Crippen LogP contribution is -2.39. The zero-order chi connectivity index (χ0) is 19.0. The maximum Gasteiger partial charge on any atom is 0.158 e. The predicted molar refractivity (Wildman–Crippen MR) is 107 cm³/mol. The van der Waals surface area contributed by atoms with E-state index in [1.54, 1.807) is 18.5 Å². The van der Waals surface area contributed by atoms with E-state index in [1.807, 2.05) is 0 Å². The number of hydrogen-bond donors (Lipinski definition) is 2. The molecular formula is C18H22ClFN6S. The van der Waals surface area contributed by atoms with E-state index >= 15 is 0 Å². The lowest BCUT2D eigenvalue weighted by molar-refractivity contribution is 0.203. The van der Waals surface area contributed by atoms with Crippen LogP contribution in [0.25, 0.3) is 0 Å². The summed E-state index contributed by atoms with van der Waals surface area (Å²) in [5, 5.41) is 0.965. The van der Waals surface area contributed by atoms with Crippen molar-refractivity contribution in [2.75, 3.05) is 29.5 Å². The van der Waals surface area contributed by atoms with Crippen LogP contribution >= 0.6 is 23.4 Å². The molecule has 144 valence electrons. The molecule has 1 spiro atoms. The quantitative estimate of drug-likeness (QED) is 0.793. The van der Waals surface area contributed by atoms with Gasteiger partial charge in [0.2, 0.25) is 0 Å². The molecule has 0 aromatic carbocycles. The molecular weight excluding hydrogens is 387 g/mol. The fraction of sp³-hybridized carbons (Fsp3) is 0.500. The SMILES string of the molecule is Nc1nc(N2CCC3(CCC(F)C3)CC2)cnc1Sc1ccnc(N)c1Cl. The Balaban J connectivity index is 1.45. The Morgan fingerprint density at radius 1 is 1.19 bits per heavy atom. The van der Waals surface area contributed by atoms with Crippen LogP contribution in [0.5, 0.6) is 0 Å². The Kier molecular flexibility index (Phi) is 5.03. The molecule has 4 N–H and O–H groups in total. The fourth-order valence-corrected chi connectivity index (χ4v) is 5.05. The van der Waals surface area contributed by atoms with E-state index in [4.69, 9.17) is 23.1 Å². The van der Waals surface area contributed by atoms with Crippen molar-refractivity contribution >= 4 is 40.8 Å². The number of nitrogens with two attached hydrogens (primary N) is 2. The van der Waals surface area contributed by atoms with Crippen molar-refractivity contribution in [1.29, 1.82) is 0 Å². The highest BCUT2D eigenvalue weighted by Gasteiger charge is 2.41. The van der Waals surface area contributed by atoms with E-state index in [9.17, 15) is 4.39 Å². The topological polar surface area (TPSA) is 94.0 Å². The Morgan fingerprint density at radius 3 is 2.63 bits per heavy atom. The maximum atomic E-state index is 13.6. The minimum atomic E-state index is -0.627. The van der Waals surface area contributed by atoms with Crippen molar-refractivity contribution in [3.05, 3.63) is 23.5 Å². The summed E-state index contributed by atoms with van der Waals surface area (Å²) in [5.41, 5.74) is 12.1. The molecule has 2 aliphatic rings. The Bertz CT molecular complexity index is 843. The molecule has 1 atom stereocenters.